The molecule has 1 heterocycles. The second kappa shape index (κ2) is 5.29. The zero-order valence-corrected chi connectivity index (χ0v) is 14.2. The lowest BCUT2D eigenvalue weighted by molar-refractivity contribution is -0.385. The standard InChI is InChI=1S/C17H24N4O3/c1-10-14(21(23)24)15(20(2)19-10)16(22)18-9-17-6-11-3-12(7-17)5-13(4-11)8-17/h11-13H,3-9H2,1-2H3,(H,18,22). The number of carbonyl (C=O) groups is 1. The Morgan fingerprint density at radius 2 is 1.83 bits per heavy atom. The fourth-order valence-corrected chi connectivity index (χ4v) is 5.98. The molecular formula is C17H24N4O3. The fourth-order valence-electron chi connectivity index (χ4n) is 5.98. The van der Waals surface area contributed by atoms with Crippen LogP contribution in [0.2, 0.25) is 0 Å². The maximum absolute atomic E-state index is 12.6. The van der Waals surface area contributed by atoms with Crippen LogP contribution in [0, 0.1) is 40.2 Å². The van der Waals surface area contributed by atoms with E-state index in [4.69, 9.17) is 0 Å². The summed E-state index contributed by atoms with van der Waals surface area (Å²) < 4.78 is 1.32. The van der Waals surface area contributed by atoms with E-state index in [1.165, 1.54) is 43.2 Å². The number of nitrogens with one attached hydrogen (secondary N) is 1. The van der Waals surface area contributed by atoms with Crippen molar-refractivity contribution in [3.05, 3.63) is 21.5 Å². The minimum absolute atomic E-state index is 0.0576. The minimum Gasteiger partial charge on any atom is -0.350 e. The SMILES string of the molecule is Cc1nn(C)c(C(=O)NCC23CC4CC(CC(C4)C2)C3)c1[N+](=O)[O-]. The van der Waals surface area contributed by atoms with Gasteiger partial charge in [-0.1, -0.05) is 0 Å². The molecule has 4 aliphatic carbocycles. The third-order valence-electron chi connectivity index (χ3n) is 6.38. The van der Waals surface area contributed by atoms with Gasteiger partial charge in [0.25, 0.3) is 5.91 Å². The first-order valence-electron chi connectivity index (χ1n) is 8.83. The van der Waals surface area contributed by atoms with Gasteiger partial charge in [-0.25, -0.2) is 0 Å². The first kappa shape index (κ1) is 15.6. The lowest BCUT2D eigenvalue weighted by Crippen LogP contribution is -2.51. The van der Waals surface area contributed by atoms with Crippen LogP contribution in [0.4, 0.5) is 5.69 Å². The smallest absolute Gasteiger partial charge is 0.322 e. The summed E-state index contributed by atoms with van der Waals surface area (Å²) >= 11 is 0. The Morgan fingerprint density at radius 3 is 2.33 bits per heavy atom. The summed E-state index contributed by atoms with van der Waals surface area (Å²) in [5.74, 6) is 2.09. The fraction of sp³-hybridized carbons (Fsp3) is 0.765. The van der Waals surface area contributed by atoms with Crippen LogP contribution in [-0.2, 0) is 7.05 Å². The molecule has 130 valence electrons. The molecule has 1 N–H and O–H groups in total. The van der Waals surface area contributed by atoms with Crippen molar-refractivity contribution < 1.29 is 9.72 Å². The summed E-state index contributed by atoms with van der Waals surface area (Å²) in [6.07, 6.45) is 7.68. The van der Waals surface area contributed by atoms with Crippen molar-refractivity contribution in [2.24, 2.45) is 30.2 Å². The molecule has 7 nitrogen and oxygen atoms in total. The van der Waals surface area contributed by atoms with Crippen molar-refractivity contribution in [2.45, 2.75) is 45.4 Å². The van der Waals surface area contributed by atoms with Gasteiger partial charge in [-0.15, -0.1) is 0 Å². The molecule has 0 atom stereocenters. The number of hydrogen-bond donors (Lipinski definition) is 1. The summed E-state index contributed by atoms with van der Waals surface area (Å²) in [5.41, 5.74) is 0.373. The normalized spacial score (nSPS) is 33.7. The maximum Gasteiger partial charge on any atom is 0.322 e. The van der Waals surface area contributed by atoms with Crippen LogP contribution in [0.25, 0.3) is 0 Å². The van der Waals surface area contributed by atoms with E-state index >= 15 is 0 Å². The van der Waals surface area contributed by atoms with E-state index in [1.807, 2.05) is 0 Å². The molecule has 0 unspecified atom stereocenters. The summed E-state index contributed by atoms with van der Waals surface area (Å²) in [5, 5.41) is 18.3. The van der Waals surface area contributed by atoms with E-state index in [2.05, 4.69) is 10.4 Å². The molecule has 4 saturated carbocycles. The van der Waals surface area contributed by atoms with Crippen molar-refractivity contribution in [3.8, 4) is 0 Å². The molecule has 1 amide bonds. The Kier molecular flexibility index (Phi) is 3.44. The Hall–Kier alpha value is -1.92. The van der Waals surface area contributed by atoms with Crippen LogP contribution >= 0.6 is 0 Å². The largest absolute Gasteiger partial charge is 0.350 e. The summed E-state index contributed by atoms with van der Waals surface area (Å²) in [4.78, 5) is 23.4. The van der Waals surface area contributed by atoms with Gasteiger partial charge in [-0.05, 0) is 68.6 Å². The first-order chi connectivity index (χ1) is 11.4. The second-order valence-electron chi connectivity index (χ2n) is 8.26. The van der Waals surface area contributed by atoms with Gasteiger partial charge in [-0.3, -0.25) is 19.6 Å². The van der Waals surface area contributed by atoms with Gasteiger partial charge in [0.05, 0.1) is 4.92 Å². The third kappa shape index (κ3) is 2.41. The van der Waals surface area contributed by atoms with Crippen LogP contribution in [-0.4, -0.2) is 27.2 Å². The molecule has 0 radical (unpaired) electrons. The Morgan fingerprint density at radius 1 is 1.29 bits per heavy atom. The zero-order valence-electron chi connectivity index (χ0n) is 14.2. The van der Waals surface area contributed by atoms with Crippen LogP contribution in [0.3, 0.4) is 0 Å². The van der Waals surface area contributed by atoms with E-state index < -0.39 is 4.92 Å². The van der Waals surface area contributed by atoms with E-state index in [0.29, 0.717) is 6.54 Å². The Labute approximate surface area is 140 Å². The molecule has 4 fully saturated rings. The highest BCUT2D eigenvalue weighted by Gasteiger charge is 2.50. The topological polar surface area (TPSA) is 90.1 Å². The summed E-state index contributed by atoms with van der Waals surface area (Å²) in [6, 6.07) is 0. The molecule has 1 aromatic heterocycles. The van der Waals surface area contributed by atoms with Gasteiger partial charge >= 0.3 is 5.69 Å². The number of hydrogen-bond acceptors (Lipinski definition) is 4. The summed E-state index contributed by atoms with van der Waals surface area (Å²) in [7, 11) is 1.58. The highest BCUT2D eigenvalue weighted by Crippen LogP contribution is 2.59. The number of nitrogens with zero attached hydrogens (tertiary/aromatic N) is 3. The van der Waals surface area contributed by atoms with Crippen molar-refractivity contribution in [3.63, 3.8) is 0 Å². The third-order valence-corrected chi connectivity index (χ3v) is 6.38. The number of carbonyl (C=O) groups excluding carboxylic acids is 1. The molecule has 1 aromatic rings. The van der Waals surface area contributed by atoms with Crippen molar-refractivity contribution in [1.29, 1.82) is 0 Å². The van der Waals surface area contributed by atoms with Crippen LogP contribution in [0.1, 0.15) is 54.7 Å². The number of rotatable bonds is 4. The van der Waals surface area contributed by atoms with Gasteiger partial charge in [-0.2, -0.15) is 5.10 Å². The minimum atomic E-state index is -0.512. The van der Waals surface area contributed by atoms with Crippen LogP contribution < -0.4 is 5.32 Å². The molecule has 0 saturated heterocycles. The number of nitro groups is 1. The first-order valence-corrected chi connectivity index (χ1v) is 8.83. The van der Waals surface area contributed by atoms with Crippen molar-refractivity contribution in [2.75, 3.05) is 6.54 Å². The maximum atomic E-state index is 12.6. The quantitative estimate of drug-likeness (QED) is 0.678. The molecule has 0 spiro atoms. The molecule has 5 rings (SSSR count). The van der Waals surface area contributed by atoms with Gasteiger partial charge in [0.2, 0.25) is 5.69 Å². The predicted octanol–water partition coefficient (Wildman–Crippen LogP) is 2.58. The van der Waals surface area contributed by atoms with Gasteiger partial charge < -0.3 is 5.32 Å². The molecule has 0 aromatic carbocycles. The molecule has 4 bridgehead atoms. The van der Waals surface area contributed by atoms with E-state index in [9.17, 15) is 14.9 Å². The average molecular weight is 332 g/mol. The Balaban J connectivity index is 1.51. The van der Waals surface area contributed by atoms with Crippen LogP contribution in [0.15, 0.2) is 0 Å². The van der Waals surface area contributed by atoms with Crippen molar-refractivity contribution in [1.82, 2.24) is 15.1 Å². The summed E-state index contributed by atoms with van der Waals surface area (Å²) in [6.45, 7) is 2.20. The lowest BCUT2D eigenvalue weighted by atomic mass is 9.49. The number of aromatic nitrogens is 2. The molecular weight excluding hydrogens is 308 g/mol. The highest BCUT2D eigenvalue weighted by molar-refractivity contribution is 5.96. The lowest BCUT2D eigenvalue weighted by Gasteiger charge is -2.56. The van der Waals surface area contributed by atoms with Gasteiger partial charge in [0.1, 0.15) is 5.69 Å². The van der Waals surface area contributed by atoms with E-state index in [0.717, 1.165) is 17.8 Å². The van der Waals surface area contributed by atoms with Crippen molar-refractivity contribution >= 4 is 11.6 Å². The van der Waals surface area contributed by atoms with Gasteiger partial charge in [0.15, 0.2) is 0 Å². The van der Waals surface area contributed by atoms with Crippen LogP contribution in [0.5, 0.6) is 0 Å². The predicted molar refractivity (Wildman–Crippen MR) is 87.5 cm³/mol. The highest BCUT2D eigenvalue weighted by atomic mass is 16.6. The molecule has 4 aliphatic rings. The average Bonchev–Trinajstić information content (AvgIpc) is 2.78. The molecule has 7 heteroatoms. The number of amides is 1. The van der Waals surface area contributed by atoms with Gasteiger partial charge in [0, 0.05) is 13.6 Å². The molecule has 24 heavy (non-hydrogen) atoms. The zero-order chi connectivity index (χ0) is 17.1. The monoisotopic (exact) mass is 332 g/mol. The van der Waals surface area contributed by atoms with E-state index in [1.54, 1.807) is 14.0 Å². The van der Waals surface area contributed by atoms with E-state index in [-0.39, 0.29) is 28.4 Å². The second-order valence-corrected chi connectivity index (χ2v) is 8.26. The molecule has 0 aliphatic heterocycles. The number of aryl methyl sites for hydroxylation is 2. The Bertz CT molecular complexity index is 674.